The zero-order chi connectivity index (χ0) is 18.1. The Morgan fingerprint density at radius 2 is 1.78 bits per heavy atom. The molecule has 6 heteroatoms. The molecule has 0 fully saturated rings. The smallest absolute Gasteiger partial charge is 0.258 e. The molecule has 0 unspecified atom stereocenters. The molecule has 0 saturated heterocycles. The number of nitrogens with one attached hydrogen (secondary N) is 2. The Kier molecular flexibility index (Phi) is 5.23. The Labute approximate surface area is 161 Å². The van der Waals surface area contributed by atoms with Gasteiger partial charge in [-0.15, -0.1) is 12.4 Å². The number of aromatic amines is 1. The van der Waals surface area contributed by atoms with Crippen LogP contribution >= 0.6 is 12.4 Å². The van der Waals surface area contributed by atoms with Crippen molar-refractivity contribution in [3.05, 3.63) is 83.7 Å². The molecule has 1 amide bonds. The quantitative estimate of drug-likeness (QED) is 0.502. The first-order chi connectivity index (χ1) is 12.6. The van der Waals surface area contributed by atoms with Crippen LogP contribution in [0.15, 0.2) is 66.7 Å². The zero-order valence-electron chi connectivity index (χ0n) is 14.5. The van der Waals surface area contributed by atoms with Crippen LogP contribution in [0, 0.1) is 12.7 Å². The standard InChI is InChI=1S/C21H16FN3O.ClH/c1-13-10-11-14(20-23-17-8-4-5-9-18(17)24-20)12-19(13)25-21(26)15-6-2-3-7-16(15)22;/h2-12H,1H3,(H,23,24)(H,25,26);1H. The van der Waals surface area contributed by atoms with Gasteiger partial charge >= 0.3 is 0 Å². The van der Waals surface area contributed by atoms with Crippen molar-refractivity contribution in [2.45, 2.75) is 6.92 Å². The molecule has 1 aromatic heterocycles. The second-order valence-corrected chi connectivity index (χ2v) is 6.07. The molecule has 4 nitrogen and oxygen atoms in total. The van der Waals surface area contributed by atoms with Crippen LogP contribution in [0.5, 0.6) is 0 Å². The summed E-state index contributed by atoms with van der Waals surface area (Å²) in [6, 6.07) is 19.4. The highest BCUT2D eigenvalue weighted by molar-refractivity contribution is 6.05. The SMILES string of the molecule is Cc1ccc(-c2nc3ccccc3[nH]2)cc1NC(=O)c1ccccc1F.Cl. The summed E-state index contributed by atoms with van der Waals surface area (Å²) in [7, 11) is 0. The van der Waals surface area contributed by atoms with Gasteiger partial charge in [0.05, 0.1) is 16.6 Å². The minimum atomic E-state index is -0.545. The molecular formula is C21H17ClFN3O. The van der Waals surface area contributed by atoms with Crippen molar-refractivity contribution in [1.29, 1.82) is 0 Å². The van der Waals surface area contributed by atoms with E-state index in [1.54, 1.807) is 12.1 Å². The van der Waals surface area contributed by atoms with E-state index in [-0.39, 0.29) is 18.0 Å². The van der Waals surface area contributed by atoms with E-state index in [0.717, 1.165) is 22.2 Å². The Bertz CT molecular complexity index is 1090. The molecule has 0 bridgehead atoms. The Balaban J connectivity index is 0.00000210. The van der Waals surface area contributed by atoms with Crippen LogP contribution in [-0.2, 0) is 0 Å². The lowest BCUT2D eigenvalue weighted by Gasteiger charge is -2.10. The second-order valence-electron chi connectivity index (χ2n) is 6.07. The minimum absolute atomic E-state index is 0. The van der Waals surface area contributed by atoms with Gasteiger partial charge in [0, 0.05) is 11.3 Å². The van der Waals surface area contributed by atoms with Crippen molar-refractivity contribution in [3.63, 3.8) is 0 Å². The van der Waals surface area contributed by atoms with Gasteiger partial charge in [-0.1, -0.05) is 36.4 Å². The number of carbonyl (C=O) groups is 1. The van der Waals surface area contributed by atoms with Gasteiger partial charge in [-0.3, -0.25) is 4.79 Å². The molecule has 0 aliphatic heterocycles. The van der Waals surface area contributed by atoms with Crippen molar-refractivity contribution in [2.75, 3.05) is 5.32 Å². The third kappa shape index (κ3) is 3.68. The number of H-pyrrole nitrogens is 1. The highest BCUT2D eigenvalue weighted by Gasteiger charge is 2.13. The van der Waals surface area contributed by atoms with Crippen LogP contribution in [-0.4, -0.2) is 15.9 Å². The third-order valence-corrected chi connectivity index (χ3v) is 4.27. The number of amides is 1. The van der Waals surface area contributed by atoms with E-state index in [0.29, 0.717) is 11.5 Å². The number of aromatic nitrogens is 2. The summed E-state index contributed by atoms with van der Waals surface area (Å²) >= 11 is 0. The fourth-order valence-corrected chi connectivity index (χ4v) is 2.83. The van der Waals surface area contributed by atoms with E-state index in [1.165, 1.54) is 12.1 Å². The lowest BCUT2D eigenvalue weighted by atomic mass is 10.1. The fraction of sp³-hybridized carbons (Fsp3) is 0.0476. The average molecular weight is 382 g/mol. The molecule has 0 spiro atoms. The van der Waals surface area contributed by atoms with Crippen molar-refractivity contribution in [1.82, 2.24) is 9.97 Å². The zero-order valence-corrected chi connectivity index (χ0v) is 15.3. The number of nitrogens with zero attached hydrogens (tertiary/aromatic N) is 1. The second kappa shape index (κ2) is 7.60. The fourth-order valence-electron chi connectivity index (χ4n) is 2.83. The van der Waals surface area contributed by atoms with Gasteiger partial charge in [-0.25, -0.2) is 9.37 Å². The maximum absolute atomic E-state index is 13.8. The molecule has 27 heavy (non-hydrogen) atoms. The van der Waals surface area contributed by atoms with Crippen LogP contribution in [0.2, 0.25) is 0 Å². The Morgan fingerprint density at radius 1 is 1.04 bits per heavy atom. The number of carbonyl (C=O) groups excluding carboxylic acids is 1. The largest absolute Gasteiger partial charge is 0.338 e. The molecule has 2 N–H and O–H groups in total. The van der Waals surface area contributed by atoms with Gasteiger partial charge in [0.25, 0.3) is 5.91 Å². The van der Waals surface area contributed by atoms with Gasteiger partial charge in [0.2, 0.25) is 0 Å². The number of rotatable bonds is 3. The van der Waals surface area contributed by atoms with Crippen LogP contribution < -0.4 is 5.32 Å². The van der Waals surface area contributed by atoms with Crippen LogP contribution in [0.1, 0.15) is 15.9 Å². The van der Waals surface area contributed by atoms with E-state index < -0.39 is 11.7 Å². The van der Waals surface area contributed by atoms with Crippen molar-refractivity contribution < 1.29 is 9.18 Å². The topological polar surface area (TPSA) is 57.8 Å². The number of anilines is 1. The Morgan fingerprint density at radius 3 is 2.56 bits per heavy atom. The highest BCUT2D eigenvalue weighted by atomic mass is 35.5. The number of hydrogen-bond donors (Lipinski definition) is 2. The summed E-state index contributed by atoms with van der Waals surface area (Å²) in [6.45, 7) is 1.89. The number of fused-ring (bicyclic) bond motifs is 1. The number of hydrogen-bond acceptors (Lipinski definition) is 2. The molecule has 1 heterocycles. The van der Waals surface area contributed by atoms with E-state index >= 15 is 0 Å². The summed E-state index contributed by atoms with van der Waals surface area (Å²) in [5, 5.41) is 2.79. The molecule has 0 aliphatic carbocycles. The number of para-hydroxylation sites is 2. The van der Waals surface area contributed by atoms with Crippen LogP contribution in [0.3, 0.4) is 0 Å². The minimum Gasteiger partial charge on any atom is -0.338 e. The predicted molar refractivity (Wildman–Crippen MR) is 108 cm³/mol. The third-order valence-electron chi connectivity index (χ3n) is 4.27. The normalized spacial score (nSPS) is 10.4. The number of benzene rings is 3. The van der Waals surface area contributed by atoms with Crippen LogP contribution in [0.25, 0.3) is 22.4 Å². The summed E-state index contributed by atoms with van der Waals surface area (Å²) < 4.78 is 13.8. The first-order valence-corrected chi connectivity index (χ1v) is 8.23. The van der Waals surface area contributed by atoms with E-state index in [4.69, 9.17) is 0 Å². The van der Waals surface area contributed by atoms with Crippen LogP contribution in [0.4, 0.5) is 10.1 Å². The van der Waals surface area contributed by atoms with E-state index in [1.807, 2.05) is 49.4 Å². The molecule has 0 saturated carbocycles. The number of halogens is 2. The first-order valence-electron chi connectivity index (χ1n) is 8.23. The summed E-state index contributed by atoms with van der Waals surface area (Å²) in [5.74, 6) is -0.309. The number of imidazole rings is 1. The van der Waals surface area contributed by atoms with Crippen molar-refractivity contribution >= 4 is 35.0 Å². The average Bonchev–Trinajstić information content (AvgIpc) is 3.08. The van der Waals surface area contributed by atoms with Gasteiger partial charge in [-0.2, -0.15) is 0 Å². The predicted octanol–water partition coefficient (Wildman–Crippen LogP) is 5.35. The molecule has 3 aromatic carbocycles. The number of aryl methyl sites for hydroxylation is 1. The van der Waals surface area contributed by atoms with Gasteiger partial charge in [0.15, 0.2) is 0 Å². The molecular weight excluding hydrogens is 365 g/mol. The first kappa shape index (κ1) is 18.6. The lowest BCUT2D eigenvalue weighted by Crippen LogP contribution is -2.14. The molecule has 0 aliphatic rings. The maximum atomic E-state index is 13.8. The summed E-state index contributed by atoms with van der Waals surface area (Å²) in [4.78, 5) is 20.2. The molecule has 4 aromatic rings. The highest BCUT2D eigenvalue weighted by Crippen LogP contribution is 2.26. The maximum Gasteiger partial charge on any atom is 0.258 e. The van der Waals surface area contributed by atoms with E-state index in [9.17, 15) is 9.18 Å². The van der Waals surface area contributed by atoms with Crippen molar-refractivity contribution in [3.8, 4) is 11.4 Å². The molecule has 4 rings (SSSR count). The monoisotopic (exact) mass is 381 g/mol. The molecule has 0 atom stereocenters. The molecule has 0 radical (unpaired) electrons. The van der Waals surface area contributed by atoms with Gasteiger partial charge < -0.3 is 10.3 Å². The molecule has 136 valence electrons. The lowest BCUT2D eigenvalue weighted by molar-refractivity contribution is 0.102. The van der Waals surface area contributed by atoms with Gasteiger partial charge in [-0.05, 0) is 42.8 Å². The van der Waals surface area contributed by atoms with Crippen molar-refractivity contribution in [2.24, 2.45) is 0 Å². The summed E-state index contributed by atoms with van der Waals surface area (Å²) in [6.07, 6.45) is 0. The van der Waals surface area contributed by atoms with Gasteiger partial charge in [0.1, 0.15) is 11.6 Å². The van der Waals surface area contributed by atoms with E-state index in [2.05, 4.69) is 15.3 Å². The Hall–Kier alpha value is -3.18. The summed E-state index contributed by atoms with van der Waals surface area (Å²) in [5.41, 5.74) is 4.18.